The molecule has 1 aliphatic rings. The van der Waals surface area contributed by atoms with Gasteiger partial charge in [-0.25, -0.2) is 0 Å². The summed E-state index contributed by atoms with van der Waals surface area (Å²) in [5, 5.41) is 3.06. The lowest BCUT2D eigenvalue weighted by Crippen LogP contribution is -2.32. The van der Waals surface area contributed by atoms with Crippen LogP contribution in [-0.4, -0.2) is 23.9 Å². The summed E-state index contributed by atoms with van der Waals surface area (Å²) in [6.45, 7) is 0.609. The van der Waals surface area contributed by atoms with Crippen LogP contribution in [0.4, 0.5) is 13.2 Å². The molecule has 1 aromatic carbocycles. The summed E-state index contributed by atoms with van der Waals surface area (Å²) < 4.78 is 39.4. The molecule has 1 N–H and O–H groups in total. The number of piperidine rings is 1. The van der Waals surface area contributed by atoms with Crippen molar-refractivity contribution in [2.75, 3.05) is 13.1 Å². The van der Waals surface area contributed by atoms with E-state index >= 15 is 0 Å². The molecule has 1 aliphatic heterocycles. The SMILES string of the molecule is O=C1/C(=C/c2ccncc2)CNC/C1=C\c1ccccc1C(F)(F)F. The molecular weight excluding hydrogens is 329 g/mol. The topological polar surface area (TPSA) is 42.0 Å². The zero-order chi connectivity index (χ0) is 17.9. The number of nitrogens with one attached hydrogen (secondary N) is 1. The number of benzene rings is 1. The monoisotopic (exact) mass is 344 g/mol. The van der Waals surface area contributed by atoms with Gasteiger partial charge >= 0.3 is 6.18 Å². The van der Waals surface area contributed by atoms with Crippen LogP contribution in [-0.2, 0) is 11.0 Å². The van der Waals surface area contributed by atoms with Crippen LogP contribution in [0, 0.1) is 0 Å². The zero-order valence-electron chi connectivity index (χ0n) is 13.2. The number of carbonyl (C=O) groups excluding carboxylic acids is 1. The van der Waals surface area contributed by atoms with Crippen molar-refractivity contribution in [3.63, 3.8) is 0 Å². The number of halogens is 3. The largest absolute Gasteiger partial charge is 0.416 e. The van der Waals surface area contributed by atoms with Crippen molar-refractivity contribution in [2.24, 2.45) is 0 Å². The molecule has 0 radical (unpaired) electrons. The molecule has 128 valence electrons. The van der Waals surface area contributed by atoms with Gasteiger partial charge in [0.05, 0.1) is 5.56 Å². The van der Waals surface area contributed by atoms with Crippen LogP contribution >= 0.6 is 0 Å². The second kappa shape index (κ2) is 7.03. The molecule has 0 spiro atoms. The molecule has 2 aromatic rings. The minimum absolute atomic E-state index is 0.00897. The number of pyridine rings is 1. The van der Waals surface area contributed by atoms with Gasteiger partial charge in [-0.3, -0.25) is 9.78 Å². The Morgan fingerprint density at radius 3 is 2.28 bits per heavy atom. The van der Waals surface area contributed by atoms with Crippen molar-refractivity contribution in [1.29, 1.82) is 0 Å². The fraction of sp³-hybridized carbons (Fsp3) is 0.158. The lowest BCUT2D eigenvalue weighted by Gasteiger charge is -2.19. The van der Waals surface area contributed by atoms with E-state index in [1.807, 2.05) is 0 Å². The van der Waals surface area contributed by atoms with Crippen LogP contribution < -0.4 is 5.32 Å². The van der Waals surface area contributed by atoms with Crippen LogP contribution in [0.3, 0.4) is 0 Å². The third-order valence-corrected chi connectivity index (χ3v) is 3.86. The van der Waals surface area contributed by atoms with Gasteiger partial charge in [0.15, 0.2) is 5.78 Å². The van der Waals surface area contributed by atoms with Crippen LogP contribution in [0.2, 0.25) is 0 Å². The zero-order valence-corrected chi connectivity index (χ0v) is 13.2. The lowest BCUT2D eigenvalue weighted by atomic mass is 9.94. The number of ketones is 1. The minimum Gasteiger partial charge on any atom is -0.308 e. The van der Waals surface area contributed by atoms with E-state index in [0.717, 1.165) is 11.6 Å². The Hall–Kier alpha value is -2.73. The Balaban J connectivity index is 1.95. The number of aromatic nitrogens is 1. The highest BCUT2D eigenvalue weighted by molar-refractivity contribution is 6.14. The fourth-order valence-corrected chi connectivity index (χ4v) is 2.66. The van der Waals surface area contributed by atoms with E-state index < -0.39 is 11.7 Å². The molecule has 2 heterocycles. The van der Waals surface area contributed by atoms with Gasteiger partial charge in [-0.1, -0.05) is 18.2 Å². The average molecular weight is 344 g/mol. The molecule has 3 nitrogen and oxygen atoms in total. The fourth-order valence-electron chi connectivity index (χ4n) is 2.66. The second-order valence-corrected chi connectivity index (χ2v) is 5.64. The van der Waals surface area contributed by atoms with E-state index in [1.165, 1.54) is 24.3 Å². The van der Waals surface area contributed by atoms with Crippen molar-refractivity contribution in [3.05, 3.63) is 76.6 Å². The van der Waals surface area contributed by atoms with Crippen LogP contribution in [0.25, 0.3) is 12.2 Å². The molecule has 0 atom stereocenters. The third kappa shape index (κ3) is 4.03. The van der Waals surface area contributed by atoms with Gasteiger partial charge in [-0.15, -0.1) is 0 Å². The third-order valence-electron chi connectivity index (χ3n) is 3.86. The molecule has 0 bridgehead atoms. The van der Waals surface area contributed by atoms with Gasteiger partial charge in [0.2, 0.25) is 0 Å². The normalized spacial score (nSPS) is 18.8. The quantitative estimate of drug-likeness (QED) is 0.844. The maximum Gasteiger partial charge on any atom is 0.416 e. The first kappa shape index (κ1) is 17.1. The van der Waals surface area contributed by atoms with Gasteiger partial charge in [0, 0.05) is 36.6 Å². The lowest BCUT2D eigenvalue weighted by molar-refractivity contribution is -0.137. The molecule has 0 unspecified atom stereocenters. The number of rotatable bonds is 2. The predicted molar refractivity (Wildman–Crippen MR) is 89.5 cm³/mol. The molecule has 1 aromatic heterocycles. The van der Waals surface area contributed by atoms with E-state index in [4.69, 9.17) is 0 Å². The predicted octanol–water partition coefficient (Wildman–Crippen LogP) is 3.74. The highest BCUT2D eigenvalue weighted by atomic mass is 19.4. The summed E-state index contributed by atoms with van der Waals surface area (Å²) in [5.74, 6) is -0.243. The van der Waals surface area contributed by atoms with Crippen LogP contribution in [0.15, 0.2) is 59.9 Å². The molecular formula is C19H15F3N2O. The minimum atomic E-state index is -4.46. The standard InChI is InChI=1S/C19H15F3N2O/c20-19(21,22)17-4-2-1-3-14(17)10-16-12-24-11-15(18(16)25)9-13-5-7-23-8-6-13/h1-10,24H,11-12H2/b15-9+,16-10+. The molecule has 1 fully saturated rings. The summed E-state index contributed by atoms with van der Waals surface area (Å²) in [5.41, 5.74) is 0.874. The van der Waals surface area contributed by atoms with Crippen molar-refractivity contribution in [3.8, 4) is 0 Å². The number of nitrogens with zero attached hydrogens (tertiary/aromatic N) is 1. The molecule has 1 saturated heterocycles. The number of hydrogen-bond acceptors (Lipinski definition) is 3. The summed E-state index contributed by atoms with van der Waals surface area (Å²) in [6.07, 6.45) is 1.80. The summed E-state index contributed by atoms with van der Waals surface area (Å²) >= 11 is 0. The van der Waals surface area contributed by atoms with Crippen molar-refractivity contribution >= 4 is 17.9 Å². The first-order chi connectivity index (χ1) is 11.9. The number of carbonyl (C=O) groups is 1. The van der Waals surface area contributed by atoms with E-state index in [9.17, 15) is 18.0 Å². The Morgan fingerprint density at radius 2 is 1.60 bits per heavy atom. The van der Waals surface area contributed by atoms with Crippen LogP contribution in [0.5, 0.6) is 0 Å². The second-order valence-electron chi connectivity index (χ2n) is 5.64. The number of hydrogen-bond donors (Lipinski definition) is 1. The summed E-state index contributed by atoms with van der Waals surface area (Å²) in [7, 11) is 0. The van der Waals surface area contributed by atoms with Crippen molar-refractivity contribution in [1.82, 2.24) is 10.3 Å². The van der Waals surface area contributed by atoms with E-state index in [2.05, 4.69) is 10.3 Å². The first-order valence-electron chi connectivity index (χ1n) is 7.68. The maximum atomic E-state index is 13.1. The first-order valence-corrected chi connectivity index (χ1v) is 7.68. The number of Topliss-reactive ketones (excluding diaryl/α,β-unsaturated/α-hetero) is 1. The van der Waals surface area contributed by atoms with Gasteiger partial charge < -0.3 is 5.32 Å². The highest BCUT2D eigenvalue weighted by Gasteiger charge is 2.33. The smallest absolute Gasteiger partial charge is 0.308 e. The van der Waals surface area contributed by atoms with Gasteiger partial charge in [0.25, 0.3) is 0 Å². The molecule has 0 aliphatic carbocycles. The molecule has 6 heteroatoms. The van der Waals surface area contributed by atoms with E-state index in [0.29, 0.717) is 17.7 Å². The van der Waals surface area contributed by atoms with Crippen molar-refractivity contribution in [2.45, 2.75) is 6.18 Å². The number of alkyl halides is 3. The van der Waals surface area contributed by atoms with Crippen molar-refractivity contribution < 1.29 is 18.0 Å². The molecule has 25 heavy (non-hydrogen) atoms. The Labute approximate surface area is 142 Å². The molecule has 0 saturated carbocycles. The average Bonchev–Trinajstić information content (AvgIpc) is 2.59. The van der Waals surface area contributed by atoms with E-state index in [1.54, 1.807) is 30.6 Å². The Morgan fingerprint density at radius 1 is 0.960 bits per heavy atom. The van der Waals surface area contributed by atoms with Crippen LogP contribution in [0.1, 0.15) is 16.7 Å². The Kier molecular flexibility index (Phi) is 4.81. The summed E-state index contributed by atoms with van der Waals surface area (Å²) in [6, 6.07) is 8.76. The Bertz CT molecular complexity index is 839. The van der Waals surface area contributed by atoms with Gasteiger partial charge in [-0.2, -0.15) is 13.2 Å². The van der Waals surface area contributed by atoms with Gasteiger partial charge in [0.1, 0.15) is 0 Å². The van der Waals surface area contributed by atoms with E-state index in [-0.39, 0.29) is 17.9 Å². The maximum absolute atomic E-state index is 13.1. The summed E-state index contributed by atoms with van der Waals surface area (Å²) in [4.78, 5) is 16.5. The molecule has 0 amide bonds. The molecule has 3 rings (SSSR count). The highest BCUT2D eigenvalue weighted by Crippen LogP contribution is 2.33. The van der Waals surface area contributed by atoms with Gasteiger partial charge in [-0.05, 0) is 41.5 Å².